The maximum absolute atomic E-state index is 4.77. The van der Waals surface area contributed by atoms with Crippen LogP contribution >= 0.6 is 0 Å². The van der Waals surface area contributed by atoms with Gasteiger partial charge in [-0.15, -0.1) is 0 Å². The van der Waals surface area contributed by atoms with Crippen LogP contribution in [0.4, 0.5) is 0 Å². The van der Waals surface area contributed by atoms with Gasteiger partial charge in [-0.1, -0.05) is 49.7 Å². The summed E-state index contributed by atoms with van der Waals surface area (Å²) in [4.78, 5) is 4.77. The van der Waals surface area contributed by atoms with E-state index in [9.17, 15) is 0 Å². The van der Waals surface area contributed by atoms with Gasteiger partial charge in [0.2, 0.25) is 0 Å². The van der Waals surface area contributed by atoms with Gasteiger partial charge in [0, 0.05) is 17.0 Å². The molecule has 0 saturated carbocycles. The molecule has 1 heterocycles. The van der Waals surface area contributed by atoms with Crippen LogP contribution in [-0.4, -0.2) is 4.98 Å². The first-order valence-corrected chi connectivity index (χ1v) is 8.54. The summed E-state index contributed by atoms with van der Waals surface area (Å²) in [5.41, 5.74) is 9.01. The van der Waals surface area contributed by atoms with Crippen LogP contribution in [-0.2, 0) is 12.8 Å². The molecule has 0 spiro atoms. The Morgan fingerprint density at radius 2 is 1.57 bits per heavy atom. The van der Waals surface area contributed by atoms with E-state index >= 15 is 0 Å². The molecule has 2 aromatic carbocycles. The van der Waals surface area contributed by atoms with Gasteiger partial charge in [0.25, 0.3) is 0 Å². The Kier molecular flexibility index (Phi) is 4.21. The number of pyridine rings is 1. The lowest BCUT2D eigenvalue weighted by molar-refractivity contribution is 1.01. The van der Waals surface area contributed by atoms with Crippen molar-refractivity contribution >= 4 is 10.8 Å². The molecule has 0 bridgehead atoms. The van der Waals surface area contributed by atoms with Crippen LogP contribution in [0.1, 0.15) is 41.9 Å². The number of benzene rings is 2. The van der Waals surface area contributed by atoms with Gasteiger partial charge in [-0.3, -0.25) is 4.98 Å². The van der Waals surface area contributed by atoms with E-state index in [0.29, 0.717) is 0 Å². The average molecular weight is 303 g/mol. The summed E-state index contributed by atoms with van der Waals surface area (Å²) < 4.78 is 0. The molecule has 0 saturated heterocycles. The predicted molar refractivity (Wildman–Crippen MR) is 100 cm³/mol. The van der Waals surface area contributed by atoms with Gasteiger partial charge in [0.05, 0.1) is 0 Å². The lowest BCUT2D eigenvalue weighted by atomic mass is 9.89. The Hall–Kier alpha value is -2.15. The van der Waals surface area contributed by atoms with Gasteiger partial charge < -0.3 is 0 Å². The third kappa shape index (κ3) is 2.76. The summed E-state index contributed by atoms with van der Waals surface area (Å²) in [7, 11) is 0. The smallest absolute Gasteiger partial charge is 0.0454 e. The van der Waals surface area contributed by atoms with Gasteiger partial charge >= 0.3 is 0 Å². The lowest BCUT2D eigenvalue weighted by Gasteiger charge is -2.16. The normalized spacial score (nSPS) is 11.2. The topological polar surface area (TPSA) is 12.9 Å². The molecule has 0 radical (unpaired) electrons. The van der Waals surface area contributed by atoms with Crippen molar-refractivity contribution in [1.29, 1.82) is 0 Å². The van der Waals surface area contributed by atoms with Gasteiger partial charge in [0.15, 0.2) is 0 Å². The van der Waals surface area contributed by atoms with Crippen LogP contribution in [0.5, 0.6) is 0 Å². The molecule has 3 rings (SSSR count). The summed E-state index contributed by atoms with van der Waals surface area (Å²) in [6.45, 7) is 10.9. The van der Waals surface area contributed by atoms with E-state index in [1.807, 2.05) is 0 Å². The Bertz CT molecular complexity index is 875. The summed E-state index contributed by atoms with van der Waals surface area (Å²) in [5.74, 6) is 0. The van der Waals surface area contributed by atoms with Crippen LogP contribution in [0.15, 0.2) is 36.4 Å². The first kappa shape index (κ1) is 15.7. The van der Waals surface area contributed by atoms with E-state index in [2.05, 4.69) is 71.0 Å². The number of fused-ring (bicyclic) bond motifs is 1. The van der Waals surface area contributed by atoms with Crippen LogP contribution in [0, 0.1) is 20.8 Å². The average Bonchev–Trinajstić information content (AvgIpc) is 2.56. The molecular weight excluding hydrogens is 278 g/mol. The van der Waals surface area contributed by atoms with Crippen molar-refractivity contribution in [2.24, 2.45) is 0 Å². The molecule has 0 aliphatic carbocycles. The van der Waals surface area contributed by atoms with E-state index in [1.54, 1.807) is 0 Å². The quantitative estimate of drug-likeness (QED) is 0.582. The molecule has 0 aliphatic rings. The molecule has 0 unspecified atom stereocenters. The molecule has 0 amide bonds. The van der Waals surface area contributed by atoms with Crippen molar-refractivity contribution in [3.8, 4) is 11.1 Å². The highest BCUT2D eigenvalue weighted by Crippen LogP contribution is 2.35. The maximum Gasteiger partial charge on any atom is 0.0454 e. The fraction of sp³-hybridized carbons (Fsp3) is 0.318. The maximum atomic E-state index is 4.77. The molecule has 0 N–H and O–H groups in total. The summed E-state index contributed by atoms with van der Waals surface area (Å²) >= 11 is 0. The number of nitrogens with zero attached hydrogens (tertiary/aromatic N) is 1. The third-order valence-corrected chi connectivity index (χ3v) is 4.85. The van der Waals surface area contributed by atoms with E-state index in [-0.39, 0.29) is 0 Å². The van der Waals surface area contributed by atoms with Gasteiger partial charge in [0.1, 0.15) is 0 Å². The Morgan fingerprint density at radius 3 is 2.22 bits per heavy atom. The number of hydrogen-bond acceptors (Lipinski definition) is 1. The number of aryl methyl sites for hydroxylation is 5. The van der Waals surface area contributed by atoms with Crippen molar-refractivity contribution in [1.82, 2.24) is 4.98 Å². The zero-order valence-electron chi connectivity index (χ0n) is 14.8. The summed E-state index contributed by atoms with van der Waals surface area (Å²) in [6, 6.07) is 13.6. The predicted octanol–water partition coefficient (Wildman–Crippen LogP) is 5.95. The first-order valence-electron chi connectivity index (χ1n) is 8.54. The highest BCUT2D eigenvalue weighted by atomic mass is 14.7. The molecule has 1 nitrogen and oxygen atoms in total. The molecule has 1 heteroatoms. The minimum absolute atomic E-state index is 0.981. The lowest BCUT2D eigenvalue weighted by Crippen LogP contribution is -1.97. The second kappa shape index (κ2) is 6.16. The molecule has 0 aliphatic heterocycles. The van der Waals surface area contributed by atoms with Crippen LogP contribution in [0.25, 0.3) is 21.9 Å². The second-order valence-corrected chi connectivity index (χ2v) is 6.40. The van der Waals surface area contributed by atoms with Crippen LogP contribution < -0.4 is 0 Å². The molecule has 3 aromatic rings. The van der Waals surface area contributed by atoms with Crippen molar-refractivity contribution in [2.75, 3.05) is 0 Å². The van der Waals surface area contributed by atoms with Crippen molar-refractivity contribution in [3.05, 3.63) is 64.5 Å². The van der Waals surface area contributed by atoms with E-state index in [1.165, 1.54) is 38.6 Å². The van der Waals surface area contributed by atoms with Crippen molar-refractivity contribution in [3.63, 3.8) is 0 Å². The Labute approximate surface area is 139 Å². The molecule has 1 aromatic heterocycles. The molecule has 23 heavy (non-hydrogen) atoms. The SMILES string of the molecule is CCc1ccc(-c2cc(CC)c(C)c3cc(C)ccc23)c(C)n1. The zero-order valence-corrected chi connectivity index (χ0v) is 14.8. The van der Waals surface area contributed by atoms with E-state index in [4.69, 9.17) is 4.98 Å². The number of aromatic nitrogens is 1. The second-order valence-electron chi connectivity index (χ2n) is 6.40. The molecule has 0 atom stereocenters. The molecular formula is C22H25N. The standard InChI is InChI=1S/C22H25N/c1-6-17-13-22(19-11-9-18(7-2)23-16(19)5)20-10-8-14(3)12-21(20)15(17)4/h8-13H,6-7H2,1-5H3. The number of rotatable bonds is 3. The molecule has 118 valence electrons. The van der Waals surface area contributed by atoms with E-state index < -0.39 is 0 Å². The molecule has 0 fully saturated rings. The minimum Gasteiger partial charge on any atom is -0.258 e. The Morgan fingerprint density at radius 1 is 0.783 bits per heavy atom. The fourth-order valence-corrected chi connectivity index (χ4v) is 3.42. The highest BCUT2D eigenvalue weighted by molar-refractivity contribution is 6.00. The fourth-order valence-electron chi connectivity index (χ4n) is 3.42. The zero-order chi connectivity index (χ0) is 16.6. The minimum atomic E-state index is 0.981. The van der Waals surface area contributed by atoms with Crippen LogP contribution in [0.3, 0.4) is 0 Å². The summed E-state index contributed by atoms with van der Waals surface area (Å²) in [6.07, 6.45) is 2.04. The third-order valence-electron chi connectivity index (χ3n) is 4.85. The van der Waals surface area contributed by atoms with Gasteiger partial charge in [-0.05, 0) is 67.1 Å². The first-order chi connectivity index (χ1) is 11.0. The van der Waals surface area contributed by atoms with Crippen LogP contribution in [0.2, 0.25) is 0 Å². The highest BCUT2D eigenvalue weighted by Gasteiger charge is 2.12. The van der Waals surface area contributed by atoms with Gasteiger partial charge in [-0.2, -0.15) is 0 Å². The largest absolute Gasteiger partial charge is 0.258 e. The van der Waals surface area contributed by atoms with E-state index in [0.717, 1.165) is 24.2 Å². The van der Waals surface area contributed by atoms with Gasteiger partial charge in [-0.25, -0.2) is 0 Å². The van der Waals surface area contributed by atoms with Crippen molar-refractivity contribution in [2.45, 2.75) is 47.5 Å². The number of hydrogen-bond donors (Lipinski definition) is 0. The monoisotopic (exact) mass is 303 g/mol. The Balaban J connectivity index is 2.35. The summed E-state index contributed by atoms with van der Waals surface area (Å²) in [5, 5.41) is 2.71. The van der Waals surface area contributed by atoms with Crippen molar-refractivity contribution < 1.29 is 0 Å².